The molecule has 4 aromatic rings. The number of anilines is 1. The van der Waals surface area contributed by atoms with Crippen molar-refractivity contribution < 1.29 is 13.6 Å². The third-order valence-corrected chi connectivity index (χ3v) is 6.79. The molecule has 180 valence electrons. The van der Waals surface area contributed by atoms with Crippen LogP contribution in [-0.2, 0) is 0 Å². The van der Waals surface area contributed by atoms with Crippen molar-refractivity contribution in [1.29, 1.82) is 0 Å². The number of fused-ring (bicyclic) bond motifs is 1. The van der Waals surface area contributed by atoms with Gasteiger partial charge >= 0.3 is 0 Å². The lowest BCUT2D eigenvalue weighted by atomic mass is 9.89. The first kappa shape index (κ1) is 23.2. The number of benzene rings is 2. The Kier molecular flexibility index (Phi) is 6.38. The molecule has 1 N–H and O–H groups in total. The average Bonchev–Trinajstić information content (AvgIpc) is 3.26. The Balaban J connectivity index is 1.45. The van der Waals surface area contributed by atoms with Crippen molar-refractivity contribution in [2.45, 2.75) is 32.7 Å². The molecule has 0 bridgehead atoms. The molecule has 0 radical (unpaired) electrons. The molecule has 2 aromatic heterocycles. The van der Waals surface area contributed by atoms with Gasteiger partial charge in [0.05, 0.1) is 17.2 Å². The normalized spacial score (nSPS) is 18.1. The molecule has 35 heavy (non-hydrogen) atoms. The van der Waals surface area contributed by atoms with Crippen LogP contribution in [0.3, 0.4) is 0 Å². The van der Waals surface area contributed by atoms with E-state index in [-0.39, 0.29) is 29.3 Å². The minimum Gasteiger partial charge on any atom is -0.424 e. The Hall–Kier alpha value is -3.52. The third kappa shape index (κ3) is 4.58. The molecule has 0 unspecified atom stereocenters. The second-order valence-corrected chi connectivity index (χ2v) is 9.32. The van der Waals surface area contributed by atoms with Crippen molar-refractivity contribution in [3.63, 3.8) is 0 Å². The van der Waals surface area contributed by atoms with E-state index in [1.54, 1.807) is 42.7 Å². The van der Waals surface area contributed by atoms with E-state index in [0.717, 1.165) is 12.8 Å². The molecule has 0 saturated carbocycles. The minimum atomic E-state index is -0.519. The van der Waals surface area contributed by atoms with Crippen LogP contribution >= 0.6 is 11.6 Å². The number of hydrogen-bond acceptors (Lipinski definition) is 6. The fraction of sp³-hybridized carbons (Fsp3) is 0.308. The van der Waals surface area contributed by atoms with E-state index in [9.17, 15) is 4.79 Å². The van der Waals surface area contributed by atoms with Gasteiger partial charge in [-0.25, -0.2) is 14.4 Å². The highest BCUT2D eigenvalue weighted by Gasteiger charge is 2.35. The number of carbonyl (C=O) groups excluding carboxylic acids is 1. The second kappa shape index (κ2) is 9.62. The van der Waals surface area contributed by atoms with E-state index < -0.39 is 5.82 Å². The lowest BCUT2D eigenvalue weighted by Crippen LogP contribution is -2.51. The van der Waals surface area contributed by atoms with Crippen molar-refractivity contribution in [3.8, 4) is 11.4 Å². The lowest BCUT2D eigenvalue weighted by Gasteiger charge is -2.40. The van der Waals surface area contributed by atoms with Crippen LogP contribution in [0.2, 0.25) is 5.02 Å². The zero-order valence-corrected chi connectivity index (χ0v) is 20.2. The summed E-state index contributed by atoms with van der Waals surface area (Å²) in [5.41, 5.74) is 2.40. The zero-order valence-electron chi connectivity index (χ0n) is 19.5. The molecule has 3 heterocycles. The summed E-state index contributed by atoms with van der Waals surface area (Å²) < 4.78 is 20.8. The molecular weight excluding hydrogens is 469 g/mol. The standard InChI is InChI=1S/C26H25ClFN5O2/c1-15-5-3-12-33(20(15)14-31-26-32-19-9-7-17(27)13-21(19)35-26)25(34)22-16(2)6-8-18(28)23(22)24-29-10-4-11-30-24/h4,6-11,13,15,20H,3,5,12,14H2,1-2H3,(H,31,32)/t15-,20-/m1/s1. The Labute approximate surface area is 207 Å². The van der Waals surface area contributed by atoms with E-state index in [2.05, 4.69) is 27.2 Å². The molecule has 1 amide bonds. The molecule has 0 aliphatic carbocycles. The smallest absolute Gasteiger partial charge is 0.295 e. The van der Waals surface area contributed by atoms with Crippen molar-refractivity contribution in [2.75, 3.05) is 18.4 Å². The number of rotatable bonds is 5. The largest absolute Gasteiger partial charge is 0.424 e. The number of nitrogens with zero attached hydrogens (tertiary/aromatic N) is 4. The molecule has 2 aromatic carbocycles. The van der Waals surface area contributed by atoms with Gasteiger partial charge in [-0.3, -0.25) is 4.79 Å². The first-order valence-electron chi connectivity index (χ1n) is 11.6. The molecular formula is C26H25ClFN5O2. The van der Waals surface area contributed by atoms with Crippen LogP contribution in [0.15, 0.2) is 53.2 Å². The first-order chi connectivity index (χ1) is 16.9. The summed E-state index contributed by atoms with van der Waals surface area (Å²) in [6.07, 6.45) is 4.94. The Morgan fingerprint density at radius 2 is 2.06 bits per heavy atom. The molecule has 1 aliphatic heterocycles. The van der Waals surface area contributed by atoms with Gasteiger partial charge in [-0.2, -0.15) is 4.98 Å². The number of aryl methyl sites for hydroxylation is 1. The van der Waals surface area contributed by atoms with Crippen LogP contribution in [0.5, 0.6) is 0 Å². The van der Waals surface area contributed by atoms with Gasteiger partial charge in [0.2, 0.25) is 0 Å². The maximum Gasteiger partial charge on any atom is 0.295 e. The highest BCUT2D eigenvalue weighted by molar-refractivity contribution is 6.31. The predicted octanol–water partition coefficient (Wildman–Crippen LogP) is 5.74. The van der Waals surface area contributed by atoms with E-state index in [1.807, 2.05) is 11.8 Å². The predicted molar refractivity (Wildman–Crippen MR) is 133 cm³/mol. The maximum absolute atomic E-state index is 15.0. The lowest BCUT2D eigenvalue weighted by molar-refractivity contribution is 0.0539. The van der Waals surface area contributed by atoms with E-state index >= 15 is 4.39 Å². The summed E-state index contributed by atoms with van der Waals surface area (Å²) in [5.74, 6) is -0.326. The Bertz CT molecular complexity index is 1380. The number of nitrogens with one attached hydrogen (secondary N) is 1. The minimum absolute atomic E-state index is 0.136. The van der Waals surface area contributed by atoms with Gasteiger partial charge in [0.25, 0.3) is 11.9 Å². The number of hydrogen-bond donors (Lipinski definition) is 1. The second-order valence-electron chi connectivity index (χ2n) is 8.88. The van der Waals surface area contributed by atoms with Crippen LogP contribution in [-0.4, -0.2) is 44.9 Å². The highest BCUT2D eigenvalue weighted by Crippen LogP contribution is 2.32. The molecule has 0 spiro atoms. The van der Waals surface area contributed by atoms with Gasteiger partial charge in [0, 0.05) is 36.6 Å². The summed E-state index contributed by atoms with van der Waals surface area (Å²) in [5, 5.41) is 3.82. The van der Waals surface area contributed by atoms with E-state index in [4.69, 9.17) is 16.0 Å². The molecule has 1 aliphatic rings. The first-order valence-corrected chi connectivity index (χ1v) is 12.0. The summed E-state index contributed by atoms with van der Waals surface area (Å²) in [6, 6.07) is 10.1. The number of aromatic nitrogens is 3. The van der Waals surface area contributed by atoms with Gasteiger partial charge in [-0.05, 0) is 55.5 Å². The summed E-state index contributed by atoms with van der Waals surface area (Å²) in [4.78, 5) is 28.7. The van der Waals surface area contributed by atoms with Gasteiger partial charge in [0.15, 0.2) is 11.4 Å². The number of piperidine rings is 1. The van der Waals surface area contributed by atoms with Gasteiger partial charge in [-0.1, -0.05) is 24.6 Å². The number of amides is 1. The van der Waals surface area contributed by atoms with E-state index in [0.29, 0.717) is 46.4 Å². The number of carbonyl (C=O) groups is 1. The number of likely N-dealkylation sites (tertiary alicyclic amines) is 1. The molecule has 1 fully saturated rings. The van der Waals surface area contributed by atoms with Crippen LogP contribution in [0.1, 0.15) is 35.7 Å². The third-order valence-electron chi connectivity index (χ3n) is 6.56. The zero-order chi connectivity index (χ0) is 24.5. The summed E-state index contributed by atoms with van der Waals surface area (Å²) in [7, 11) is 0. The topological polar surface area (TPSA) is 84.2 Å². The summed E-state index contributed by atoms with van der Waals surface area (Å²) >= 11 is 6.05. The van der Waals surface area contributed by atoms with Gasteiger partial charge < -0.3 is 14.6 Å². The van der Waals surface area contributed by atoms with Crippen molar-refractivity contribution >= 4 is 34.6 Å². The molecule has 7 nitrogen and oxygen atoms in total. The van der Waals surface area contributed by atoms with Crippen LogP contribution in [0, 0.1) is 18.7 Å². The average molecular weight is 494 g/mol. The quantitative estimate of drug-likeness (QED) is 0.381. The van der Waals surface area contributed by atoms with Crippen LogP contribution in [0.4, 0.5) is 10.4 Å². The fourth-order valence-corrected chi connectivity index (χ4v) is 4.89. The monoisotopic (exact) mass is 493 g/mol. The molecule has 2 atom stereocenters. The number of halogens is 2. The van der Waals surface area contributed by atoms with Crippen molar-refractivity contribution in [2.24, 2.45) is 5.92 Å². The van der Waals surface area contributed by atoms with Crippen molar-refractivity contribution in [1.82, 2.24) is 19.9 Å². The van der Waals surface area contributed by atoms with E-state index in [1.165, 1.54) is 6.07 Å². The SMILES string of the molecule is Cc1ccc(F)c(-c2ncccn2)c1C(=O)N1CCC[C@@H](C)[C@H]1CNc1nc2ccc(Cl)cc2o1. The molecule has 9 heteroatoms. The highest BCUT2D eigenvalue weighted by atomic mass is 35.5. The Morgan fingerprint density at radius 3 is 2.86 bits per heavy atom. The summed E-state index contributed by atoms with van der Waals surface area (Å²) in [6.45, 7) is 4.95. The molecule has 1 saturated heterocycles. The Morgan fingerprint density at radius 1 is 1.26 bits per heavy atom. The van der Waals surface area contributed by atoms with Crippen LogP contribution < -0.4 is 5.32 Å². The van der Waals surface area contributed by atoms with Gasteiger partial charge in [0.1, 0.15) is 11.3 Å². The van der Waals surface area contributed by atoms with Crippen LogP contribution in [0.25, 0.3) is 22.5 Å². The molecule has 5 rings (SSSR count). The van der Waals surface area contributed by atoms with Crippen molar-refractivity contribution in [3.05, 3.63) is 70.8 Å². The fourth-order valence-electron chi connectivity index (χ4n) is 4.73. The van der Waals surface area contributed by atoms with Gasteiger partial charge in [-0.15, -0.1) is 0 Å². The maximum atomic E-state index is 15.0. The number of oxazole rings is 1.